The molecule has 6 fully saturated rings. The number of carbonyl (C=O) groups excluding carboxylic acids is 7. The van der Waals surface area contributed by atoms with Crippen molar-refractivity contribution in [1.29, 1.82) is 0 Å². The summed E-state index contributed by atoms with van der Waals surface area (Å²) in [5, 5.41) is 29.3. The van der Waals surface area contributed by atoms with E-state index in [9.17, 15) is 48.6 Å². The molecule has 7 N–H and O–H groups in total. The molecule has 0 aliphatic carbocycles. The molecule has 1 aromatic rings. The summed E-state index contributed by atoms with van der Waals surface area (Å²) >= 11 is 1.87. The number of fused-ring (bicyclic) bond motifs is 1. The maximum absolute atomic E-state index is 14.4. The summed E-state index contributed by atoms with van der Waals surface area (Å²) in [6.45, 7) is 4.12. The largest absolute Gasteiger partial charge is 0.481 e. The van der Waals surface area contributed by atoms with Crippen LogP contribution in [0.2, 0.25) is 0 Å². The molecule has 7 atom stereocenters. The van der Waals surface area contributed by atoms with Crippen molar-refractivity contribution >= 4 is 77.1 Å². The first kappa shape index (κ1) is 51.1. The minimum absolute atomic E-state index is 0.0682. The number of carbonyl (C=O) groups is 8. The van der Waals surface area contributed by atoms with Gasteiger partial charge in [0.05, 0.1) is 18.2 Å². The first-order valence-electron chi connectivity index (χ1n) is 24.0. The van der Waals surface area contributed by atoms with Gasteiger partial charge in [0.1, 0.15) is 37.8 Å². The number of carboxylic acid groups (broad SMARTS) is 1. The van der Waals surface area contributed by atoms with E-state index in [0.717, 1.165) is 25.0 Å². The zero-order chi connectivity index (χ0) is 49.5. The number of anilines is 3. The Morgan fingerprint density at radius 3 is 2.10 bits per heavy atom. The minimum atomic E-state index is -1.10. The molecule has 0 bridgehead atoms. The van der Waals surface area contributed by atoms with Crippen LogP contribution < -0.4 is 31.5 Å². The van der Waals surface area contributed by atoms with Crippen molar-refractivity contribution in [1.82, 2.24) is 55.0 Å². The summed E-state index contributed by atoms with van der Waals surface area (Å²) < 4.78 is 0. The SMILES string of the molecule is C[C@@H](O)[C@H]1C(=O)N(CC(=O)N2CCN(c3nc(NCCCC[C@@H]4SC[C@@H]5NC(=O)N[C@@H]54)nc(N4CCN(C(=O)[C@H](CCCCN)N5CC(=O)N(C)[C@@H](CCC(=O)O)C5=O)CC4)n3)CC2)CC(=O)N1C. The van der Waals surface area contributed by atoms with Crippen molar-refractivity contribution < 1.29 is 48.6 Å². The highest BCUT2D eigenvalue weighted by atomic mass is 32.2. The Balaban J connectivity index is 1.01. The highest BCUT2D eigenvalue weighted by Gasteiger charge is 2.45. The van der Waals surface area contributed by atoms with Crippen molar-refractivity contribution in [2.45, 2.75) is 99.9 Å². The van der Waals surface area contributed by atoms with Crippen molar-refractivity contribution in [2.75, 3.05) is 120 Å². The summed E-state index contributed by atoms with van der Waals surface area (Å²) in [5.41, 5.74) is 5.78. The number of piperazine rings is 4. The molecule has 380 valence electrons. The summed E-state index contributed by atoms with van der Waals surface area (Å²) in [4.78, 5) is 131. The van der Waals surface area contributed by atoms with Gasteiger partial charge in [0.15, 0.2) is 0 Å². The van der Waals surface area contributed by atoms with Crippen LogP contribution in [0.5, 0.6) is 0 Å². The van der Waals surface area contributed by atoms with E-state index in [1.165, 1.54) is 40.6 Å². The second kappa shape index (κ2) is 22.8. The molecule has 69 heavy (non-hydrogen) atoms. The van der Waals surface area contributed by atoms with Crippen LogP contribution >= 0.6 is 11.8 Å². The van der Waals surface area contributed by atoms with Crippen LogP contribution in [0, 0.1) is 0 Å². The molecule has 0 unspecified atom stereocenters. The fourth-order valence-corrected chi connectivity index (χ4v) is 11.5. The van der Waals surface area contributed by atoms with Gasteiger partial charge in [0, 0.05) is 90.4 Å². The van der Waals surface area contributed by atoms with Gasteiger partial charge in [-0.25, -0.2) is 4.79 Å². The molecule has 25 nitrogen and oxygen atoms in total. The number of aromatic nitrogens is 3. The van der Waals surface area contributed by atoms with Crippen molar-refractivity contribution in [3.05, 3.63) is 0 Å². The molecular formula is C43H67N15O10S. The molecule has 26 heteroatoms. The normalized spacial score (nSPS) is 25.2. The zero-order valence-electron chi connectivity index (χ0n) is 39.7. The average molecular weight is 986 g/mol. The van der Waals surface area contributed by atoms with E-state index in [2.05, 4.69) is 16.0 Å². The Morgan fingerprint density at radius 2 is 1.46 bits per heavy atom. The summed E-state index contributed by atoms with van der Waals surface area (Å²) in [7, 11) is 2.94. The number of aliphatic hydroxyl groups excluding tert-OH is 1. The van der Waals surface area contributed by atoms with Crippen LogP contribution in [-0.2, 0) is 33.6 Å². The quantitative estimate of drug-likeness (QED) is 0.0560. The molecule has 6 aliphatic heterocycles. The fourth-order valence-electron chi connectivity index (χ4n) is 9.91. The van der Waals surface area contributed by atoms with Gasteiger partial charge < -0.3 is 71.1 Å². The van der Waals surface area contributed by atoms with Gasteiger partial charge in [0.25, 0.3) is 0 Å². The molecule has 0 radical (unpaired) electrons. The number of nitrogens with zero attached hydrogens (tertiary/aromatic N) is 11. The number of nitrogens with one attached hydrogen (secondary N) is 3. The number of rotatable bonds is 20. The standard InChI is InChI=1S/C43H67N15O10S/c1-26(59)36-39(67)57(22-31(60)52(36)3)23-33(62)53-14-18-55(19-15-53)41-48-40(45-13-7-5-9-30-35-27(25-69-30)46-43(68)47-35)49-42(50-41)56-20-16-54(17-21-56)37(65)29(8-4-6-12-44)58-24-32(61)51(2)28(38(58)66)10-11-34(63)64/h26-30,35-36,59H,4-25,44H2,1-3H3,(H,63,64)(H2,46,47,68)(H,45,48,49,50)/t26-,27+,28+,29+,30+,35+,36+/m1/s1. The van der Waals surface area contributed by atoms with E-state index in [-0.39, 0.29) is 87.3 Å². The summed E-state index contributed by atoms with van der Waals surface area (Å²) in [6.07, 6.45) is 2.65. The van der Waals surface area contributed by atoms with Crippen LogP contribution in [0.3, 0.4) is 0 Å². The first-order valence-corrected chi connectivity index (χ1v) is 25.0. The van der Waals surface area contributed by atoms with Crippen LogP contribution in [0.15, 0.2) is 0 Å². The van der Waals surface area contributed by atoms with Crippen molar-refractivity contribution in [3.63, 3.8) is 0 Å². The minimum Gasteiger partial charge on any atom is -0.481 e. The molecule has 0 aromatic carbocycles. The number of likely N-dealkylation sites (N-methyl/N-ethyl adjacent to an activating group) is 2. The Labute approximate surface area is 405 Å². The number of aliphatic carboxylic acids is 1. The number of thioether (sulfide) groups is 1. The van der Waals surface area contributed by atoms with Gasteiger partial charge in [-0.05, 0) is 52.0 Å². The molecule has 6 aliphatic rings. The van der Waals surface area contributed by atoms with E-state index >= 15 is 0 Å². The lowest BCUT2D eigenvalue weighted by Crippen LogP contribution is -2.64. The molecule has 8 amide bonds. The average Bonchev–Trinajstić information content (AvgIpc) is 3.89. The van der Waals surface area contributed by atoms with Crippen LogP contribution in [0.25, 0.3) is 0 Å². The van der Waals surface area contributed by atoms with Gasteiger partial charge in [0.2, 0.25) is 53.3 Å². The lowest BCUT2D eigenvalue weighted by atomic mass is 10.00. The molecule has 0 spiro atoms. The van der Waals surface area contributed by atoms with Crippen LogP contribution in [-0.4, -0.2) is 249 Å². The Kier molecular flexibility index (Phi) is 16.9. The summed E-state index contributed by atoms with van der Waals surface area (Å²) in [5.74, 6) is -1.37. The smallest absolute Gasteiger partial charge is 0.315 e. The van der Waals surface area contributed by atoms with Gasteiger partial charge in [-0.2, -0.15) is 26.7 Å². The number of hydrogen-bond donors (Lipinski definition) is 6. The van der Waals surface area contributed by atoms with Gasteiger partial charge in [-0.15, -0.1) is 0 Å². The van der Waals surface area contributed by atoms with E-state index in [0.29, 0.717) is 94.7 Å². The van der Waals surface area contributed by atoms with Gasteiger partial charge in [-0.3, -0.25) is 33.6 Å². The number of hydrogen-bond acceptors (Lipinski definition) is 17. The van der Waals surface area contributed by atoms with E-state index in [4.69, 9.17) is 20.7 Å². The highest BCUT2D eigenvalue weighted by molar-refractivity contribution is 8.00. The number of nitrogens with two attached hydrogens (primary N) is 1. The van der Waals surface area contributed by atoms with Crippen molar-refractivity contribution in [3.8, 4) is 0 Å². The Bertz CT molecular complexity index is 2090. The summed E-state index contributed by atoms with van der Waals surface area (Å²) in [6, 6.07) is -2.83. The van der Waals surface area contributed by atoms with E-state index < -0.39 is 42.0 Å². The molecule has 7 heterocycles. The third kappa shape index (κ3) is 12.0. The molecule has 7 rings (SSSR count). The third-order valence-electron chi connectivity index (χ3n) is 14.0. The lowest BCUT2D eigenvalue weighted by molar-refractivity contribution is -0.161. The van der Waals surface area contributed by atoms with Gasteiger partial charge in [-0.1, -0.05) is 6.42 Å². The highest BCUT2D eigenvalue weighted by Crippen LogP contribution is 2.33. The van der Waals surface area contributed by atoms with E-state index in [1.54, 1.807) is 9.80 Å². The number of unbranched alkanes of at least 4 members (excludes halogenated alkanes) is 2. The monoisotopic (exact) mass is 985 g/mol. The predicted octanol–water partition coefficient (Wildman–Crippen LogP) is -3.00. The number of aliphatic hydroxyl groups is 1. The maximum atomic E-state index is 14.4. The maximum Gasteiger partial charge on any atom is 0.315 e. The zero-order valence-corrected chi connectivity index (χ0v) is 40.5. The second-order valence-corrected chi connectivity index (χ2v) is 19.9. The topological polar surface area (TPSA) is 304 Å². The third-order valence-corrected chi connectivity index (χ3v) is 15.5. The van der Waals surface area contributed by atoms with E-state index in [1.807, 2.05) is 21.6 Å². The molecule has 0 saturated carbocycles. The van der Waals surface area contributed by atoms with Crippen LogP contribution in [0.4, 0.5) is 22.6 Å². The number of amides is 8. The predicted molar refractivity (Wildman–Crippen MR) is 252 cm³/mol. The fraction of sp³-hybridized carbons (Fsp3) is 0.744. The Hall–Kier alpha value is -5.76. The Morgan fingerprint density at radius 1 is 0.812 bits per heavy atom. The first-order chi connectivity index (χ1) is 33.0. The number of urea groups is 1. The molecule has 1 aromatic heterocycles. The lowest BCUT2D eigenvalue weighted by Gasteiger charge is -2.43. The van der Waals surface area contributed by atoms with Crippen molar-refractivity contribution in [2.24, 2.45) is 5.73 Å². The van der Waals surface area contributed by atoms with Crippen LogP contribution in [0.1, 0.15) is 58.3 Å². The molecular weight excluding hydrogens is 919 g/mol. The molecule has 6 saturated heterocycles. The van der Waals surface area contributed by atoms with Gasteiger partial charge >= 0.3 is 12.0 Å². The number of carboxylic acids is 1. The second-order valence-electron chi connectivity index (χ2n) is 18.6.